The maximum atomic E-state index is 11.2. The number of rotatable bonds is 1. The lowest BCUT2D eigenvalue weighted by atomic mass is 10.3. The van der Waals surface area contributed by atoms with Gasteiger partial charge in [0.05, 0.1) is 0 Å². The fourth-order valence-electron chi connectivity index (χ4n) is 1.07. The molecule has 0 spiro atoms. The van der Waals surface area contributed by atoms with Crippen LogP contribution in [0.5, 0.6) is 0 Å². The zero-order chi connectivity index (χ0) is 9.52. The summed E-state index contributed by atoms with van der Waals surface area (Å²) >= 11 is 0. The highest BCUT2D eigenvalue weighted by molar-refractivity contribution is 7.87. The van der Waals surface area contributed by atoms with Crippen molar-refractivity contribution in [3.8, 4) is 0 Å². The molecule has 1 aliphatic rings. The lowest BCUT2D eigenvalue weighted by Crippen LogP contribution is -2.36. The molecule has 0 radical (unpaired) electrons. The molecule has 0 aromatic carbocycles. The first-order valence-corrected chi connectivity index (χ1v) is 4.69. The summed E-state index contributed by atoms with van der Waals surface area (Å²) in [5.74, 6) is -1.12. The molecular formula is C5H10N2O4S. The second kappa shape index (κ2) is 2.68. The Morgan fingerprint density at radius 1 is 1.50 bits per heavy atom. The van der Waals surface area contributed by atoms with Crippen molar-refractivity contribution in [3.05, 3.63) is 0 Å². The number of aliphatic carboxylic acids is 1. The number of hydrogen-bond acceptors (Lipinski definition) is 3. The summed E-state index contributed by atoms with van der Waals surface area (Å²) in [4.78, 5) is 10.5. The fraction of sp³-hybridized carbons (Fsp3) is 0.800. The molecule has 1 rings (SSSR count). The largest absolute Gasteiger partial charge is 0.480 e. The first-order chi connectivity index (χ1) is 5.37. The Balaban J connectivity index is 2.99. The lowest BCUT2D eigenvalue weighted by Gasteiger charge is -2.11. The summed E-state index contributed by atoms with van der Waals surface area (Å²) < 4.78 is 24.3. The van der Waals surface area contributed by atoms with Gasteiger partial charge in [0.25, 0.3) is 10.2 Å². The minimum absolute atomic E-state index is 0.00810. The van der Waals surface area contributed by atoms with E-state index in [1.54, 1.807) is 0 Å². The number of hydrogen-bond donors (Lipinski definition) is 1. The van der Waals surface area contributed by atoms with Crippen molar-refractivity contribution in [1.29, 1.82) is 0 Å². The fourth-order valence-corrected chi connectivity index (χ4v) is 2.31. The van der Waals surface area contributed by atoms with Crippen LogP contribution in [0, 0.1) is 0 Å². The van der Waals surface area contributed by atoms with E-state index >= 15 is 0 Å². The minimum atomic E-state index is -3.51. The minimum Gasteiger partial charge on any atom is -0.480 e. The lowest BCUT2D eigenvalue weighted by molar-refractivity contribution is -0.140. The maximum Gasteiger partial charge on any atom is 0.323 e. The molecule has 7 heteroatoms. The third-order valence-corrected chi connectivity index (χ3v) is 3.83. The zero-order valence-electron chi connectivity index (χ0n) is 6.76. The molecule has 1 unspecified atom stereocenters. The molecule has 6 nitrogen and oxygen atoms in total. The Morgan fingerprint density at radius 3 is 2.17 bits per heavy atom. The third kappa shape index (κ3) is 1.19. The van der Waals surface area contributed by atoms with Gasteiger partial charge in [0.2, 0.25) is 0 Å². The van der Waals surface area contributed by atoms with E-state index < -0.39 is 22.2 Å². The summed E-state index contributed by atoms with van der Waals surface area (Å²) in [5.41, 5.74) is 0. The molecule has 12 heavy (non-hydrogen) atoms. The van der Waals surface area contributed by atoms with Gasteiger partial charge in [0.15, 0.2) is 0 Å². The highest BCUT2D eigenvalue weighted by Crippen LogP contribution is 2.17. The van der Waals surface area contributed by atoms with Crippen molar-refractivity contribution in [3.63, 3.8) is 0 Å². The Hall–Kier alpha value is -0.660. The van der Waals surface area contributed by atoms with E-state index in [4.69, 9.17) is 5.11 Å². The highest BCUT2D eigenvalue weighted by Gasteiger charge is 2.42. The van der Waals surface area contributed by atoms with Gasteiger partial charge in [-0.25, -0.2) is 0 Å². The van der Waals surface area contributed by atoms with Gasteiger partial charge in [-0.05, 0) is 0 Å². The third-order valence-electron chi connectivity index (χ3n) is 1.91. The van der Waals surface area contributed by atoms with Gasteiger partial charge in [-0.15, -0.1) is 0 Å². The summed E-state index contributed by atoms with van der Waals surface area (Å²) in [6, 6.07) is -0.958. The van der Waals surface area contributed by atoms with Gasteiger partial charge >= 0.3 is 5.97 Å². The molecule has 0 bridgehead atoms. The van der Waals surface area contributed by atoms with Crippen LogP contribution in [-0.2, 0) is 15.0 Å². The van der Waals surface area contributed by atoms with Gasteiger partial charge in [0, 0.05) is 20.6 Å². The summed E-state index contributed by atoms with van der Waals surface area (Å²) in [6.45, 7) is 0.00810. The van der Waals surface area contributed by atoms with Crippen molar-refractivity contribution in [2.45, 2.75) is 6.04 Å². The first-order valence-electron chi connectivity index (χ1n) is 3.29. The number of carboxylic acid groups (broad SMARTS) is 1. The summed E-state index contributed by atoms with van der Waals surface area (Å²) in [6.07, 6.45) is 0. The van der Waals surface area contributed by atoms with E-state index in [1.807, 2.05) is 0 Å². The second-order valence-electron chi connectivity index (χ2n) is 2.66. The summed E-state index contributed by atoms with van der Waals surface area (Å²) in [5, 5.41) is 8.60. The van der Waals surface area contributed by atoms with Crippen molar-refractivity contribution < 1.29 is 18.3 Å². The SMILES string of the molecule is CN1CC(C(=O)O)N(C)S1(=O)=O. The van der Waals surface area contributed by atoms with Crippen LogP contribution in [0.25, 0.3) is 0 Å². The molecule has 1 saturated heterocycles. The molecule has 0 aliphatic carbocycles. The van der Waals surface area contributed by atoms with E-state index in [2.05, 4.69) is 0 Å². The van der Waals surface area contributed by atoms with E-state index in [0.29, 0.717) is 0 Å². The van der Waals surface area contributed by atoms with Crippen LogP contribution in [-0.4, -0.2) is 54.8 Å². The number of carbonyl (C=O) groups is 1. The predicted molar refractivity (Wildman–Crippen MR) is 40.7 cm³/mol. The van der Waals surface area contributed by atoms with Gasteiger partial charge in [-0.2, -0.15) is 17.0 Å². The zero-order valence-corrected chi connectivity index (χ0v) is 7.58. The van der Waals surface area contributed by atoms with Crippen molar-refractivity contribution in [2.75, 3.05) is 20.6 Å². The topological polar surface area (TPSA) is 77.9 Å². The highest BCUT2D eigenvalue weighted by atomic mass is 32.2. The Bertz CT molecular complexity index is 299. The number of likely N-dealkylation sites (N-methyl/N-ethyl adjacent to an activating group) is 2. The van der Waals surface area contributed by atoms with Crippen LogP contribution in [0.2, 0.25) is 0 Å². The van der Waals surface area contributed by atoms with E-state index in [0.717, 1.165) is 8.61 Å². The van der Waals surface area contributed by atoms with E-state index in [-0.39, 0.29) is 6.54 Å². The Morgan fingerprint density at radius 2 is 2.00 bits per heavy atom. The molecule has 1 N–H and O–H groups in total. The molecule has 0 aromatic heterocycles. The smallest absolute Gasteiger partial charge is 0.323 e. The van der Waals surface area contributed by atoms with Crippen LogP contribution in [0.3, 0.4) is 0 Å². The number of nitrogens with zero attached hydrogens (tertiary/aromatic N) is 2. The quantitative estimate of drug-likeness (QED) is 0.554. The normalized spacial score (nSPS) is 30.7. The van der Waals surface area contributed by atoms with Gasteiger partial charge in [-0.3, -0.25) is 4.79 Å². The molecule has 1 atom stereocenters. The van der Waals surface area contributed by atoms with Crippen molar-refractivity contribution in [2.24, 2.45) is 0 Å². The van der Waals surface area contributed by atoms with Crippen molar-refractivity contribution in [1.82, 2.24) is 8.61 Å². The average molecular weight is 194 g/mol. The molecule has 0 amide bonds. The van der Waals surface area contributed by atoms with Gasteiger partial charge < -0.3 is 5.11 Å². The number of carboxylic acids is 1. The Kier molecular flexibility index (Phi) is 2.11. The van der Waals surface area contributed by atoms with Gasteiger partial charge in [0.1, 0.15) is 6.04 Å². The average Bonchev–Trinajstić information content (AvgIpc) is 2.13. The van der Waals surface area contributed by atoms with Crippen LogP contribution in [0.4, 0.5) is 0 Å². The molecule has 1 aliphatic heterocycles. The standard InChI is InChI=1S/C5H10N2O4S/c1-6-3-4(5(8)9)7(2)12(6,10)11/h4H,3H2,1-2H3,(H,8,9). The van der Waals surface area contributed by atoms with Crippen LogP contribution < -0.4 is 0 Å². The van der Waals surface area contributed by atoms with E-state index in [9.17, 15) is 13.2 Å². The molecule has 1 fully saturated rings. The van der Waals surface area contributed by atoms with Crippen LogP contribution in [0.1, 0.15) is 0 Å². The molecule has 1 heterocycles. The monoisotopic (exact) mass is 194 g/mol. The van der Waals surface area contributed by atoms with E-state index in [1.165, 1.54) is 14.1 Å². The molecular weight excluding hydrogens is 184 g/mol. The van der Waals surface area contributed by atoms with Crippen LogP contribution >= 0.6 is 0 Å². The predicted octanol–water partition coefficient (Wildman–Crippen LogP) is -1.44. The Labute approximate surface area is 70.6 Å². The van der Waals surface area contributed by atoms with Crippen LogP contribution in [0.15, 0.2) is 0 Å². The second-order valence-corrected chi connectivity index (χ2v) is 4.75. The van der Waals surface area contributed by atoms with Crippen molar-refractivity contribution >= 4 is 16.2 Å². The molecule has 70 valence electrons. The van der Waals surface area contributed by atoms with Gasteiger partial charge in [-0.1, -0.05) is 0 Å². The summed E-state index contributed by atoms with van der Waals surface area (Å²) in [7, 11) is -0.895. The maximum absolute atomic E-state index is 11.2. The molecule has 0 aromatic rings. The molecule has 0 saturated carbocycles. The first kappa shape index (κ1) is 9.43.